The molecule has 2 heteroatoms. The lowest BCUT2D eigenvalue weighted by Crippen LogP contribution is -2.17. The molecule has 0 aliphatic rings. The predicted octanol–water partition coefficient (Wildman–Crippen LogP) is 4.25. The van der Waals surface area contributed by atoms with Gasteiger partial charge in [0.1, 0.15) is 0 Å². The molecule has 0 saturated heterocycles. The highest BCUT2D eigenvalue weighted by Crippen LogP contribution is 2.21. The monoisotopic (exact) mass is 211 g/mol. The molecule has 1 aromatic carbocycles. The lowest BCUT2D eigenvalue weighted by molar-refractivity contribution is 0.671. The van der Waals surface area contributed by atoms with Gasteiger partial charge in [0, 0.05) is 16.8 Å². The molecular formula is C12H18ClN. The van der Waals surface area contributed by atoms with Crippen LogP contribution >= 0.6 is 11.6 Å². The van der Waals surface area contributed by atoms with E-state index in [1.54, 1.807) is 0 Å². The summed E-state index contributed by atoms with van der Waals surface area (Å²) >= 11 is 5.89. The number of anilines is 1. The van der Waals surface area contributed by atoms with Crippen molar-refractivity contribution in [3.05, 3.63) is 28.8 Å². The summed E-state index contributed by atoms with van der Waals surface area (Å²) in [4.78, 5) is 0. The highest BCUT2D eigenvalue weighted by atomic mass is 35.5. The molecule has 0 fully saturated rings. The van der Waals surface area contributed by atoms with Crippen molar-refractivity contribution in [3.63, 3.8) is 0 Å². The third kappa shape index (κ3) is 2.91. The zero-order chi connectivity index (χ0) is 10.6. The lowest BCUT2D eigenvalue weighted by atomic mass is 10.1. The van der Waals surface area contributed by atoms with Crippen molar-refractivity contribution >= 4 is 17.3 Å². The second-order valence-electron chi connectivity index (χ2n) is 3.62. The molecule has 0 aliphatic carbocycles. The average molecular weight is 212 g/mol. The lowest BCUT2D eigenvalue weighted by Gasteiger charge is -2.18. The minimum atomic E-state index is 0.565. The van der Waals surface area contributed by atoms with Gasteiger partial charge in [-0.1, -0.05) is 25.4 Å². The topological polar surface area (TPSA) is 12.0 Å². The van der Waals surface area contributed by atoms with Crippen molar-refractivity contribution in [1.82, 2.24) is 0 Å². The van der Waals surface area contributed by atoms with Gasteiger partial charge < -0.3 is 5.32 Å². The number of aryl methyl sites for hydroxylation is 1. The van der Waals surface area contributed by atoms with Crippen molar-refractivity contribution in [2.24, 2.45) is 0 Å². The largest absolute Gasteiger partial charge is 0.382 e. The van der Waals surface area contributed by atoms with Gasteiger partial charge in [0.15, 0.2) is 0 Å². The summed E-state index contributed by atoms with van der Waals surface area (Å²) in [5.41, 5.74) is 2.41. The molecule has 0 heterocycles. The van der Waals surface area contributed by atoms with Gasteiger partial charge in [0.2, 0.25) is 0 Å². The molecule has 0 unspecified atom stereocenters. The van der Waals surface area contributed by atoms with Crippen molar-refractivity contribution in [2.45, 2.75) is 39.7 Å². The third-order valence-corrected chi connectivity index (χ3v) is 2.77. The minimum absolute atomic E-state index is 0.565. The number of nitrogens with one attached hydrogen (secondary N) is 1. The van der Waals surface area contributed by atoms with Gasteiger partial charge in [0.05, 0.1) is 0 Å². The first kappa shape index (κ1) is 11.4. The van der Waals surface area contributed by atoms with Crippen LogP contribution in [0.25, 0.3) is 0 Å². The van der Waals surface area contributed by atoms with Crippen LogP contribution < -0.4 is 5.32 Å². The molecule has 78 valence electrons. The van der Waals surface area contributed by atoms with Crippen molar-refractivity contribution in [2.75, 3.05) is 5.32 Å². The van der Waals surface area contributed by atoms with Crippen molar-refractivity contribution < 1.29 is 0 Å². The van der Waals surface area contributed by atoms with Crippen molar-refractivity contribution in [3.8, 4) is 0 Å². The summed E-state index contributed by atoms with van der Waals surface area (Å²) in [6.07, 6.45) is 2.30. The quantitative estimate of drug-likeness (QED) is 0.785. The average Bonchev–Trinajstić information content (AvgIpc) is 2.17. The van der Waals surface area contributed by atoms with E-state index in [9.17, 15) is 0 Å². The number of hydrogen-bond acceptors (Lipinski definition) is 1. The maximum atomic E-state index is 5.89. The molecule has 14 heavy (non-hydrogen) atoms. The van der Waals surface area contributed by atoms with Crippen LogP contribution in [0, 0.1) is 6.92 Å². The molecular weight excluding hydrogens is 194 g/mol. The maximum Gasteiger partial charge on any atom is 0.0410 e. The molecule has 0 amide bonds. The van der Waals surface area contributed by atoms with E-state index in [2.05, 4.69) is 32.2 Å². The van der Waals surface area contributed by atoms with E-state index in [4.69, 9.17) is 11.6 Å². The fourth-order valence-corrected chi connectivity index (χ4v) is 1.73. The molecule has 0 saturated carbocycles. The van der Waals surface area contributed by atoms with Gasteiger partial charge in [-0.2, -0.15) is 0 Å². The fraction of sp³-hybridized carbons (Fsp3) is 0.500. The Morgan fingerprint density at radius 2 is 1.93 bits per heavy atom. The second kappa shape index (κ2) is 5.26. The highest BCUT2D eigenvalue weighted by Gasteiger charge is 2.04. The Hall–Kier alpha value is -0.690. The summed E-state index contributed by atoms with van der Waals surface area (Å²) in [5.74, 6) is 0. The van der Waals surface area contributed by atoms with Crippen LogP contribution in [-0.4, -0.2) is 6.04 Å². The normalized spacial score (nSPS) is 10.6. The van der Waals surface area contributed by atoms with E-state index < -0.39 is 0 Å². The SMILES string of the molecule is CCC(CC)Nc1ccc(Cl)cc1C. The molecule has 1 nitrogen and oxygen atoms in total. The number of benzene rings is 1. The number of halogens is 1. The van der Waals surface area contributed by atoms with Crippen LogP contribution in [-0.2, 0) is 0 Å². The molecule has 0 radical (unpaired) electrons. The van der Waals surface area contributed by atoms with Gasteiger partial charge in [-0.25, -0.2) is 0 Å². The van der Waals surface area contributed by atoms with Crippen LogP contribution in [0.15, 0.2) is 18.2 Å². The van der Waals surface area contributed by atoms with Gasteiger partial charge in [-0.3, -0.25) is 0 Å². The summed E-state index contributed by atoms with van der Waals surface area (Å²) in [5, 5.41) is 4.32. The Morgan fingerprint density at radius 3 is 2.43 bits per heavy atom. The first-order chi connectivity index (χ1) is 6.67. The molecule has 0 aliphatic heterocycles. The van der Waals surface area contributed by atoms with E-state index in [-0.39, 0.29) is 0 Å². The van der Waals surface area contributed by atoms with Crippen LogP contribution in [0.5, 0.6) is 0 Å². The van der Waals surface area contributed by atoms with Crippen LogP contribution in [0.2, 0.25) is 5.02 Å². The van der Waals surface area contributed by atoms with E-state index in [0.29, 0.717) is 6.04 Å². The Bertz CT molecular complexity index is 292. The van der Waals surface area contributed by atoms with E-state index in [0.717, 1.165) is 17.9 Å². The molecule has 1 N–H and O–H groups in total. The Labute approximate surface area is 91.5 Å². The summed E-state index contributed by atoms with van der Waals surface area (Å²) in [7, 11) is 0. The first-order valence-electron chi connectivity index (χ1n) is 5.20. The van der Waals surface area contributed by atoms with Crippen LogP contribution in [0.4, 0.5) is 5.69 Å². The summed E-state index contributed by atoms with van der Waals surface area (Å²) in [6, 6.07) is 6.54. The van der Waals surface area contributed by atoms with E-state index in [1.165, 1.54) is 11.3 Å². The van der Waals surface area contributed by atoms with Gasteiger partial charge >= 0.3 is 0 Å². The van der Waals surface area contributed by atoms with Crippen LogP contribution in [0.1, 0.15) is 32.3 Å². The second-order valence-corrected chi connectivity index (χ2v) is 4.05. The molecule has 1 aromatic rings. The van der Waals surface area contributed by atoms with E-state index in [1.807, 2.05) is 12.1 Å². The predicted molar refractivity (Wildman–Crippen MR) is 64.2 cm³/mol. The fourth-order valence-electron chi connectivity index (χ4n) is 1.50. The molecule has 0 spiro atoms. The minimum Gasteiger partial charge on any atom is -0.382 e. The standard InChI is InChI=1S/C12H18ClN/c1-4-11(5-2)14-12-7-6-10(13)8-9(12)3/h6-8,11,14H,4-5H2,1-3H3. The molecule has 0 aromatic heterocycles. The molecule has 1 rings (SSSR count). The molecule has 0 bridgehead atoms. The van der Waals surface area contributed by atoms with Crippen LogP contribution in [0.3, 0.4) is 0 Å². The number of rotatable bonds is 4. The smallest absolute Gasteiger partial charge is 0.0410 e. The summed E-state index contributed by atoms with van der Waals surface area (Å²) < 4.78 is 0. The molecule has 0 atom stereocenters. The van der Waals surface area contributed by atoms with Gasteiger partial charge in [-0.05, 0) is 43.5 Å². The van der Waals surface area contributed by atoms with Crippen molar-refractivity contribution in [1.29, 1.82) is 0 Å². The van der Waals surface area contributed by atoms with Gasteiger partial charge in [-0.15, -0.1) is 0 Å². The Morgan fingerprint density at radius 1 is 1.29 bits per heavy atom. The summed E-state index contributed by atoms with van der Waals surface area (Å²) in [6.45, 7) is 6.48. The first-order valence-corrected chi connectivity index (χ1v) is 5.57. The zero-order valence-corrected chi connectivity index (χ0v) is 9.86. The third-order valence-electron chi connectivity index (χ3n) is 2.53. The highest BCUT2D eigenvalue weighted by molar-refractivity contribution is 6.30. The Kier molecular flexibility index (Phi) is 4.27. The van der Waals surface area contributed by atoms with E-state index >= 15 is 0 Å². The maximum absolute atomic E-state index is 5.89. The Balaban J connectivity index is 2.76. The zero-order valence-electron chi connectivity index (χ0n) is 9.10. The number of hydrogen-bond donors (Lipinski definition) is 1. The van der Waals surface area contributed by atoms with Gasteiger partial charge in [0.25, 0.3) is 0 Å².